The lowest BCUT2D eigenvalue weighted by Gasteiger charge is -2.14. The number of halogens is 2. The number of amides is 1. The molecular weight excluding hydrogens is 436 g/mol. The first kappa shape index (κ1) is 23.6. The smallest absolute Gasteiger partial charge is 0.269 e. The van der Waals surface area contributed by atoms with Gasteiger partial charge in [0.1, 0.15) is 17.3 Å². The lowest BCUT2D eigenvalue weighted by Crippen LogP contribution is -2.31. The van der Waals surface area contributed by atoms with Crippen LogP contribution in [0.2, 0.25) is 0 Å². The number of benzene rings is 2. The maximum absolute atomic E-state index is 13.2. The molecule has 0 spiro atoms. The summed E-state index contributed by atoms with van der Waals surface area (Å²) in [5.41, 5.74) is 1.43. The largest absolute Gasteiger partial charge is 0.350 e. The first-order valence-electron chi connectivity index (χ1n) is 10.0. The molecule has 2 aromatic carbocycles. The Morgan fingerprint density at radius 2 is 1.56 bits per heavy atom. The van der Waals surface area contributed by atoms with Gasteiger partial charge >= 0.3 is 0 Å². The molecule has 1 aromatic heterocycles. The van der Waals surface area contributed by atoms with Gasteiger partial charge in [0.25, 0.3) is 5.91 Å². The van der Waals surface area contributed by atoms with Crippen LogP contribution in [0.1, 0.15) is 42.5 Å². The van der Waals surface area contributed by atoms with Crippen LogP contribution in [0.5, 0.6) is 0 Å². The summed E-state index contributed by atoms with van der Waals surface area (Å²) >= 11 is 0. The molecule has 3 rings (SSSR count). The Labute approximate surface area is 186 Å². The van der Waals surface area contributed by atoms with Crippen molar-refractivity contribution in [2.45, 2.75) is 37.6 Å². The molecule has 0 aliphatic carbocycles. The number of hydrogen-bond donors (Lipinski definition) is 1. The highest BCUT2D eigenvalue weighted by Crippen LogP contribution is 2.22. The molecule has 6 nitrogen and oxygen atoms in total. The molecule has 0 bridgehead atoms. The van der Waals surface area contributed by atoms with E-state index < -0.39 is 21.6 Å². The summed E-state index contributed by atoms with van der Waals surface area (Å²) in [4.78, 5) is 12.8. The minimum absolute atomic E-state index is 0.00970. The van der Waals surface area contributed by atoms with Crippen molar-refractivity contribution in [3.63, 3.8) is 0 Å². The molecule has 0 saturated carbocycles. The lowest BCUT2D eigenvalue weighted by molar-refractivity contribution is 0.0946. The summed E-state index contributed by atoms with van der Waals surface area (Å²) in [6, 6.07) is 12.1. The molecule has 0 fully saturated rings. The molecule has 1 heterocycles. The van der Waals surface area contributed by atoms with Crippen LogP contribution in [-0.2, 0) is 21.8 Å². The first-order valence-corrected chi connectivity index (χ1v) is 11.7. The van der Waals surface area contributed by atoms with Gasteiger partial charge in [0.2, 0.25) is 0 Å². The third-order valence-electron chi connectivity index (χ3n) is 4.86. The number of hydrogen-bond acceptors (Lipinski definition) is 4. The summed E-state index contributed by atoms with van der Waals surface area (Å²) in [7, 11) is -3.68. The van der Waals surface area contributed by atoms with Gasteiger partial charge < -0.3 is 5.32 Å². The van der Waals surface area contributed by atoms with Gasteiger partial charge in [-0.3, -0.25) is 9.48 Å². The highest BCUT2D eigenvalue weighted by molar-refractivity contribution is 7.91. The van der Waals surface area contributed by atoms with Gasteiger partial charge in [-0.05, 0) is 48.0 Å². The van der Waals surface area contributed by atoms with Gasteiger partial charge in [-0.2, -0.15) is 5.10 Å². The Morgan fingerprint density at radius 3 is 2.12 bits per heavy atom. The third-order valence-corrected chi connectivity index (χ3v) is 6.59. The van der Waals surface area contributed by atoms with Gasteiger partial charge in [0, 0.05) is 12.0 Å². The second kappa shape index (κ2) is 9.20. The number of nitrogens with zero attached hydrogens (tertiary/aromatic N) is 2. The molecule has 170 valence electrons. The van der Waals surface area contributed by atoms with E-state index >= 15 is 0 Å². The Balaban J connectivity index is 1.75. The van der Waals surface area contributed by atoms with Gasteiger partial charge in [-0.15, -0.1) is 0 Å². The minimum atomic E-state index is -3.68. The number of carbonyl (C=O) groups excluding carboxylic acids is 1. The van der Waals surface area contributed by atoms with Crippen LogP contribution in [0.25, 0.3) is 0 Å². The zero-order valence-corrected chi connectivity index (χ0v) is 18.9. The van der Waals surface area contributed by atoms with Crippen molar-refractivity contribution in [2.24, 2.45) is 0 Å². The summed E-state index contributed by atoms with van der Waals surface area (Å²) in [5, 5.41) is 7.16. The quantitative estimate of drug-likeness (QED) is 0.544. The number of sulfone groups is 1. The average Bonchev–Trinajstić information content (AvgIpc) is 3.14. The highest BCUT2D eigenvalue weighted by Gasteiger charge is 2.23. The molecule has 0 aliphatic rings. The van der Waals surface area contributed by atoms with Crippen molar-refractivity contribution < 1.29 is 22.0 Å². The molecule has 0 radical (unpaired) electrons. The minimum Gasteiger partial charge on any atom is -0.350 e. The molecular formula is C23H25F2N3O3S. The molecule has 0 atom stereocenters. The zero-order chi connectivity index (χ0) is 23.5. The Morgan fingerprint density at radius 1 is 1.00 bits per heavy atom. The topological polar surface area (TPSA) is 81.1 Å². The van der Waals surface area contributed by atoms with Crippen molar-refractivity contribution in [1.82, 2.24) is 15.1 Å². The van der Waals surface area contributed by atoms with Gasteiger partial charge in [0.05, 0.1) is 22.9 Å². The van der Waals surface area contributed by atoms with Crippen molar-refractivity contribution in [3.8, 4) is 0 Å². The summed E-state index contributed by atoms with van der Waals surface area (Å²) < 4.78 is 52.6. The Bertz CT molecular complexity index is 1200. The lowest BCUT2D eigenvalue weighted by atomic mass is 9.92. The average molecular weight is 462 g/mol. The summed E-state index contributed by atoms with van der Waals surface area (Å²) in [6.45, 7) is 6.04. The number of nitrogens with one attached hydrogen (secondary N) is 1. The van der Waals surface area contributed by atoms with E-state index in [0.717, 1.165) is 17.7 Å². The maximum Gasteiger partial charge on any atom is 0.269 e. The van der Waals surface area contributed by atoms with Crippen LogP contribution in [0.3, 0.4) is 0 Å². The van der Waals surface area contributed by atoms with Crippen molar-refractivity contribution in [2.75, 3.05) is 12.3 Å². The maximum atomic E-state index is 13.2. The zero-order valence-electron chi connectivity index (χ0n) is 18.1. The number of rotatable bonds is 7. The number of aromatic nitrogens is 2. The summed E-state index contributed by atoms with van der Waals surface area (Å²) in [6.07, 6.45) is 0. The van der Waals surface area contributed by atoms with Crippen LogP contribution in [0.4, 0.5) is 8.78 Å². The van der Waals surface area contributed by atoms with Crippen molar-refractivity contribution in [3.05, 3.63) is 83.2 Å². The molecule has 32 heavy (non-hydrogen) atoms. The van der Waals surface area contributed by atoms with E-state index in [0.29, 0.717) is 5.69 Å². The van der Waals surface area contributed by atoms with Crippen LogP contribution in [-0.4, -0.2) is 36.4 Å². The fourth-order valence-electron chi connectivity index (χ4n) is 3.00. The number of carbonyl (C=O) groups is 1. The van der Waals surface area contributed by atoms with Crippen LogP contribution < -0.4 is 5.32 Å². The van der Waals surface area contributed by atoms with E-state index in [1.807, 2.05) is 20.8 Å². The standard InChI is InChI=1S/C23H25F2N3O3S/c1-23(2,3)21-14-20(28(27-21)15-16-4-6-17(24)7-5-16)22(29)26-12-13-32(30,31)19-10-8-18(25)9-11-19/h4-11,14H,12-13,15H2,1-3H3,(H,26,29). The fraction of sp³-hybridized carbons (Fsp3) is 0.304. The fourth-order valence-corrected chi connectivity index (χ4v) is 4.16. The molecule has 1 N–H and O–H groups in total. The summed E-state index contributed by atoms with van der Waals surface area (Å²) in [5.74, 6) is -1.68. The molecule has 0 aliphatic heterocycles. The van der Waals surface area contributed by atoms with Crippen molar-refractivity contribution >= 4 is 15.7 Å². The first-order chi connectivity index (χ1) is 15.0. The van der Waals surface area contributed by atoms with E-state index in [1.165, 1.54) is 28.9 Å². The molecule has 0 unspecified atom stereocenters. The second-order valence-electron chi connectivity index (χ2n) is 8.48. The third kappa shape index (κ3) is 5.79. The highest BCUT2D eigenvalue weighted by atomic mass is 32.2. The van der Waals surface area contributed by atoms with Gasteiger partial charge in [0.15, 0.2) is 9.84 Å². The van der Waals surface area contributed by atoms with Crippen LogP contribution in [0, 0.1) is 11.6 Å². The Hall–Kier alpha value is -3.07. The normalized spacial score (nSPS) is 12.0. The van der Waals surface area contributed by atoms with E-state index in [-0.39, 0.29) is 40.7 Å². The monoisotopic (exact) mass is 461 g/mol. The second-order valence-corrected chi connectivity index (χ2v) is 10.6. The van der Waals surface area contributed by atoms with E-state index in [9.17, 15) is 22.0 Å². The van der Waals surface area contributed by atoms with E-state index in [4.69, 9.17) is 0 Å². The molecule has 3 aromatic rings. The van der Waals surface area contributed by atoms with Crippen LogP contribution in [0.15, 0.2) is 59.5 Å². The predicted octanol–water partition coefficient (Wildman–Crippen LogP) is 3.71. The van der Waals surface area contributed by atoms with Gasteiger partial charge in [-0.25, -0.2) is 17.2 Å². The van der Waals surface area contributed by atoms with Crippen LogP contribution >= 0.6 is 0 Å². The van der Waals surface area contributed by atoms with E-state index in [1.54, 1.807) is 18.2 Å². The van der Waals surface area contributed by atoms with Crippen molar-refractivity contribution in [1.29, 1.82) is 0 Å². The molecule has 9 heteroatoms. The predicted molar refractivity (Wildman–Crippen MR) is 117 cm³/mol. The van der Waals surface area contributed by atoms with E-state index in [2.05, 4.69) is 10.4 Å². The SMILES string of the molecule is CC(C)(C)c1cc(C(=O)NCCS(=O)(=O)c2ccc(F)cc2)n(Cc2ccc(F)cc2)n1. The Kier molecular flexibility index (Phi) is 6.78. The van der Waals surface area contributed by atoms with Gasteiger partial charge in [-0.1, -0.05) is 32.9 Å². The molecule has 0 saturated heterocycles. The molecule has 1 amide bonds.